The molecule has 116 valence electrons. The number of H-pyrrole nitrogens is 1. The molecule has 2 N–H and O–H groups in total. The molecule has 1 aromatic heterocycles. The molecule has 1 heterocycles. The van der Waals surface area contributed by atoms with Crippen LogP contribution in [-0.2, 0) is 11.2 Å². The van der Waals surface area contributed by atoms with Crippen molar-refractivity contribution in [3.63, 3.8) is 0 Å². The van der Waals surface area contributed by atoms with Crippen molar-refractivity contribution in [3.8, 4) is 11.3 Å². The summed E-state index contributed by atoms with van der Waals surface area (Å²) in [6, 6.07) is 12.5. The summed E-state index contributed by atoms with van der Waals surface area (Å²) in [5, 5.41) is 11.1. The number of hydrogen-bond acceptors (Lipinski definition) is 2. The summed E-state index contributed by atoms with van der Waals surface area (Å²) in [6.07, 6.45) is 2.51. The Labute approximate surface area is 132 Å². The molecule has 0 radical (unpaired) electrons. The lowest BCUT2D eigenvalue weighted by atomic mass is 10.0. The van der Waals surface area contributed by atoms with E-state index in [4.69, 9.17) is 0 Å². The Hall–Kier alpha value is -2.69. The van der Waals surface area contributed by atoms with Gasteiger partial charge in [0, 0.05) is 17.0 Å². The van der Waals surface area contributed by atoms with Gasteiger partial charge in [0.25, 0.3) is 0 Å². The van der Waals surface area contributed by atoms with Crippen LogP contribution >= 0.6 is 0 Å². The van der Waals surface area contributed by atoms with Gasteiger partial charge in [0.2, 0.25) is 5.91 Å². The van der Waals surface area contributed by atoms with Crippen LogP contribution in [0.2, 0.25) is 0 Å². The molecule has 1 aliphatic rings. The highest BCUT2D eigenvalue weighted by atomic mass is 19.1. The summed E-state index contributed by atoms with van der Waals surface area (Å²) in [6.45, 7) is 0. The third-order valence-corrected chi connectivity index (χ3v) is 4.03. The SMILES string of the molecule is O=C(Cc1ccc2[nH]nc(-c3cccc(F)c3)c2c1)NC1CC1. The fourth-order valence-electron chi connectivity index (χ4n) is 2.72. The topological polar surface area (TPSA) is 57.8 Å². The van der Waals surface area contributed by atoms with Gasteiger partial charge < -0.3 is 5.32 Å². The minimum atomic E-state index is -0.293. The number of nitrogens with one attached hydrogen (secondary N) is 2. The van der Waals surface area contributed by atoms with Crippen LogP contribution in [0.25, 0.3) is 22.2 Å². The fourth-order valence-corrected chi connectivity index (χ4v) is 2.72. The third-order valence-electron chi connectivity index (χ3n) is 4.03. The first-order chi connectivity index (χ1) is 11.2. The third kappa shape index (κ3) is 2.95. The number of aromatic nitrogens is 2. The second kappa shape index (κ2) is 5.50. The smallest absolute Gasteiger partial charge is 0.224 e. The number of amides is 1. The van der Waals surface area contributed by atoms with Gasteiger partial charge in [-0.15, -0.1) is 0 Å². The minimum Gasteiger partial charge on any atom is -0.353 e. The first-order valence-electron chi connectivity index (χ1n) is 7.71. The molecule has 0 atom stereocenters. The highest BCUT2D eigenvalue weighted by Gasteiger charge is 2.23. The second-order valence-corrected chi connectivity index (χ2v) is 5.98. The van der Waals surface area contributed by atoms with E-state index in [-0.39, 0.29) is 11.7 Å². The number of carbonyl (C=O) groups is 1. The molecule has 1 amide bonds. The van der Waals surface area contributed by atoms with E-state index in [0.29, 0.717) is 18.2 Å². The van der Waals surface area contributed by atoms with Crippen LogP contribution in [0.1, 0.15) is 18.4 Å². The Morgan fingerprint density at radius 2 is 2.13 bits per heavy atom. The fraction of sp³-hybridized carbons (Fsp3) is 0.222. The first-order valence-corrected chi connectivity index (χ1v) is 7.71. The number of benzene rings is 2. The summed E-state index contributed by atoms with van der Waals surface area (Å²) in [7, 11) is 0. The highest BCUT2D eigenvalue weighted by molar-refractivity contribution is 5.94. The molecular formula is C18H16FN3O. The first kappa shape index (κ1) is 13.9. The molecule has 0 aliphatic heterocycles. The summed E-state index contributed by atoms with van der Waals surface area (Å²) in [5.74, 6) is -0.249. The normalized spacial score (nSPS) is 14.1. The van der Waals surface area contributed by atoms with E-state index >= 15 is 0 Å². The molecule has 5 heteroatoms. The van der Waals surface area contributed by atoms with E-state index < -0.39 is 0 Å². The van der Waals surface area contributed by atoms with E-state index in [1.807, 2.05) is 24.3 Å². The Morgan fingerprint density at radius 1 is 1.26 bits per heavy atom. The van der Waals surface area contributed by atoms with Gasteiger partial charge in [-0.05, 0) is 42.7 Å². The van der Waals surface area contributed by atoms with Crippen LogP contribution in [-0.4, -0.2) is 22.1 Å². The molecule has 0 bridgehead atoms. The minimum absolute atomic E-state index is 0.0441. The van der Waals surface area contributed by atoms with Gasteiger partial charge in [0.15, 0.2) is 0 Å². The number of aromatic amines is 1. The molecule has 4 rings (SSSR count). The summed E-state index contributed by atoms with van der Waals surface area (Å²) < 4.78 is 13.4. The highest BCUT2D eigenvalue weighted by Crippen LogP contribution is 2.27. The van der Waals surface area contributed by atoms with Crippen LogP contribution in [0, 0.1) is 5.82 Å². The molecule has 1 fully saturated rings. The van der Waals surface area contributed by atoms with Crippen molar-refractivity contribution >= 4 is 16.8 Å². The molecule has 0 unspecified atom stereocenters. The summed E-state index contributed by atoms with van der Waals surface area (Å²) in [4.78, 5) is 12.0. The summed E-state index contributed by atoms with van der Waals surface area (Å²) in [5.41, 5.74) is 3.21. The van der Waals surface area contributed by atoms with Gasteiger partial charge in [-0.2, -0.15) is 5.10 Å². The van der Waals surface area contributed by atoms with Crippen molar-refractivity contribution in [2.45, 2.75) is 25.3 Å². The average molecular weight is 309 g/mol. The molecule has 23 heavy (non-hydrogen) atoms. The lowest BCUT2D eigenvalue weighted by Gasteiger charge is -2.04. The predicted octanol–water partition coefficient (Wildman–Crippen LogP) is 3.19. The van der Waals surface area contributed by atoms with E-state index in [9.17, 15) is 9.18 Å². The van der Waals surface area contributed by atoms with Crippen molar-refractivity contribution in [2.75, 3.05) is 0 Å². The molecule has 4 nitrogen and oxygen atoms in total. The molecule has 1 aliphatic carbocycles. The molecule has 1 saturated carbocycles. The largest absolute Gasteiger partial charge is 0.353 e. The number of nitrogens with zero attached hydrogens (tertiary/aromatic N) is 1. The molecule has 3 aromatic rings. The van der Waals surface area contributed by atoms with Gasteiger partial charge >= 0.3 is 0 Å². The van der Waals surface area contributed by atoms with E-state index in [0.717, 1.165) is 34.9 Å². The summed E-state index contributed by atoms with van der Waals surface area (Å²) >= 11 is 0. The Bertz CT molecular complexity index is 883. The Morgan fingerprint density at radius 3 is 2.91 bits per heavy atom. The maximum atomic E-state index is 13.4. The van der Waals surface area contributed by atoms with Gasteiger partial charge in [0.1, 0.15) is 11.5 Å². The number of rotatable bonds is 4. The quantitative estimate of drug-likeness (QED) is 0.777. The van der Waals surface area contributed by atoms with Crippen molar-refractivity contribution in [2.24, 2.45) is 0 Å². The van der Waals surface area contributed by atoms with Crippen molar-refractivity contribution in [1.82, 2.24) is 15.5 Å². The lowest BCUT2D eigenvalue weighted by molar-refractivity contribution is -0.120. The van der Waals surface area contributed by atoms with Gasteiger partial charge in [-0.3, -0.25) is 9.89 Å². The second-order valence-electron chi connectivity index (χ2n) is 5.98. The standard InChI is InChI=1S/C18H16FN3O/c19-13-3-1-2-12(10-13)18-15-8-11(4-7-16(15)21-22-18)9-17(23)20-14-5-6-14/h1-4,7-8,10,14H,5-6,9H2,(H,20,23)(H,21,22). The van der Waals surface area contributed by atoms with Crippen LogP contribution in [0.4, 0.5) is 4.39 Å². The van der Waals surface area contributed by atoms with Gasteiger partial charge in [0.05, 0.1) is 11.9 Å². The average Bonchev–Trinajstić information content (AvgIpc) is 3.23. The van der Waals surface area contributed by atoms with E-state index in [2.05, 4.69) is 15.5 Å². The molecule has 2 aromatic carbocycles. The zero-order valence-corrected chi connectivity index (χ0v) is 12.5. The zero-order chi connectivity index (χ0) is 15.8. The van der Waals surface area contributed by atoms with E-state index in [1.165, 1.54) is 12.1 Å². The number of hydrogen-bond donors (Lipinski definition) is 2. The predicted molar refractivity (Wildman–Crippen MR) is 86.4 cm³/mol. The molecular weight excluding hydrogens is 293 g/mol. The number of carbonyl (C=O) groups excluding carboxylic acids is 1. The Balaban J connectivity index is 1.66. The monoisotopic (exact) mass is 309 g/mol. The van der Waals surface area contributed by atoms with Crippen LogP contribution in [0.5, 0.6) is 0 Å². The number of halogens is 1. The zero-order valence-electron chi connectivity index (χ0n) is 12.5. The molecule has 0 spiro atoms. The van der Waals surface area contributed by atoms with Crippen LogP contribution < -0.4 is 5.32 Å². The lowest BCUT2D eigenvalue weighted by Crippen LogP contribution is -2.26. The molecule has 0 saturated heterocycles. The van der Waals surface area contributed by atoms with Gasteiger partial charge in [-0.25, -0.2) is 4.39 Å². The number of fused-ring (bicyclic) bond motifs is 1. The van der Waals surface area contributed by atoms with E-state index in [1.54, 1.807) is 6.07 Å². The van der Waals surface area contributed by atoms with Crippen LogP contribution in [0.3, 0.4) is 0 Å². The van der Waals surface area contributed by atoms with Crippen molar-refractivity contribution in [3.05, 3.63) is 53.8 Å². The van der Waals surface area contributed by atoms with Crippen molar-refractivity contribution in [1.29, 1.82) is 0 Å². The van der Waals surface area contributed by atoms with Crippen molar-refractivity contribution < 1.29 is 9.18 Å². The maximum Gasteiger partial charge on any atom is 0.224 e. The van der Waals surface area contributed by atoms with Crippen LogP contribution in [0.15, 0.2) is 42.5 Å². The Kier molecular flexibility index (Phi) is 3.33. The van der Waals surface area contributed by atoms with Gasteiger partial charge in [-0.1, -0.05) is 18.2 Å². The maximum absolute atomic E-state index is 13.4.